The molecule has 27 heavy (non-hydrogen) atoms. The highest BCUT2D eigenvalue weighted by molar-refractivity contribution is 7.86. The number of hydrogen-bond donors (Lipinski definition) is 1. The molecule has 0 aliphatic rings. The maximum Gasteiger partial charge on any atom is 0.294 e. The van der Waals surface area contributed by atoms with Crippen molar-refractivity contribution in [2.24, 2.45) is 0 Å². The van der Waals surface area contributed by atoms with Crippen molar-refractivity contribution in [1.82, 2.24) is 0 Å². The molecule has 3 nitrogen and oxygen atoms in total. The summed E-state index contributed by atoms with van der Waals surface area (Å²) in [4.78, 5) is -0.0151. The van der Waals surface area contributed by atoms with Crippen molar-refractivity contribution in [3.63, 3.8) is 0 Å². The van der Waals surface area contributed by atoms with Gasteiger partial charge in [-0.05, 0) is 47.6 Å². The molecule has 1 N–H and O–H groups in total. The lowest BCUT2D eigenvalue weighted by atomic mass is 9.98. The fraction of sp³-hybridized carbons (Fsp3) is 0.364. The zero-order chi connectivity index (χ0) is 19.9. The molecule has 2 aromatic rings. The Balaban J connectivity index is 2.52. The molecule has 0 aliphatic heterocycles. The Morgan fingerprint density at radius 1 is 1.00 bits per heavy atom. The van der Waals surface area contributed by atoms with Crippen LogP contribution in [-0.2, 0) is 23.0 Å². The van der Waals surface area contributed by atoms with Gasteiger partial charge in [-0.25, -0.2) is 0 Å². The average Bonchev–Trinajstić information content (AvgIpc) is 2.64. The zero-order valence-corrected chi connectivity index (χ0v) is 18.0. The molecule has 0 aromatic heterocycles. The van der Waals surface area contributed by atoms with Crippen LogP contribution in [0, 0.1) is 0 Å². The molecule has 0 bridgehead atoms. The van der Waals surface area contributed by atoms with Gasteiger partial charge in [0.15, 0.2) is 0 Å². The third-order valence-corrected chi connectivity index (χ3v) is 7.22. The van der Waals surface area contributed by atoms with Crippen LogP contribution in [-0.4, -0.2) is 22.5 Å². The van der Waals surface area contributed by atoms with Crippen molar-refractivity contribution < 1.29 is 13.0 Å². The number of hydrogen-bond acceptors (Lipinski definition) is 2. The summed E-state index contributed by atoms with van der Waals surface area (Å²) in [5, 5.41) is 1.81. The van der Waals surface area contributed by atoms with E-state index in [0.29, 0.717) is 10.8 Å². The fourth-order valence-electron chi connectivity index (χ4n) is 3.25. The lowest BCUT2D eigenvalue weighted by Crippen LogP contribution is -2.34. The Labute approximate surface area is 166 Å². The molecule has 144 valence electrons. The predicted molar refractivity (Wildman–Crippen MR) is 115 cm³/mol. The molecule has 0 atom stereocenters. The SMILES string of the molecule is C=Cc1cccc([Si]c2cccc(CCCC)c2CCCC)c1S(=O)(=O)O. The van der Waals surface area contributed by atoms with Crippen molar-refractivity contribution in [2.75, 3.05) is 0 Å². The number of benzene rings is 2. The molecule has 5 heteroatoms. The molecule has 0 fully saturated rings. The second kappa shape index (κ2) is 10.0. The normalized spacial score (nSPS) is 11.5. The van der Waals surface area contributed by atoms with Crippen LogP contribution in [0.1, 0.15) is 56.2 Å². The number of rotatable bonds is 10. The lowest BCUT2D eigenvalue weighted by molar-refractivity contribution is 0.483. The Kier molecular flexibility index (Phi) is 8.02. The van der Waals surface area contributed by atoms with Crippen molar-refractivity contribution in [2.45, 2.75) is 57.3 Å². The van der Waals surface area contributed by atoms with Gasteiger partial charge in [0.2, 0.25) is 0 Å². The van der Waals surface area contributed by atoms with E-state index in [0.717, 1.165) is 38.5 Å². The molecular formula is C22H28O3SSi. The van der Waals surface area contributed by atoms with E-state index in [2.05, 4.69) is 38.6 Å². The minimum atomic E-state index is -4.31. The van der Waals surface area contributed by atoms with Crippen LogP contribution in [0.25, 0.3) is 6.08 Å². The first kappa shape index (κ1) is 21.6. The molecule has 0 aliphatic carbocycles. The van der Waals surface area contributed by atoms with Gasteiger partial charge in [-0.15, -0.1) is 0 Å². The molecule has 0 heterocycles. The van der Waals surface area contributed by atoms with Gasteiger partial charge in [0, 0.05) is 0 Å². The average molecular weight is 401 g/mol. The summed E-state index contributed by atoms with van der Waals surface area (Å²) in [7, 11) is -4.14. The van der Waals surface area contributed by atoms with E-state index >= 15 is 0 Å². The van der Waals surface area contributed by atoms with E-state index in [1.54, 1.807) is 12.1 Å². The summed E-state index contributed by atoms with van der Waals surface area (Å²) in [5.74, 6) is 0. The third kappa shape index (κ3) is 5.64. The maximum absolute atomic E-state index is 12.0. The Morgan fingerprint density at radius 2 is 1.63 bits per heavy atom. The molecule has 2 aromatic carbocycles. The Morgan fingerprint density at radius 3 is 2.26 bits per heavy atom. The smallest absolute Gasteiger partial charge is 0.282 e. The predicted octanol–water partition coefficient (Wildman–Crippen LogP) is 3.92. The summed E-state index contributed by atoms with van der Waals surface area (Å²) in [5.41, 5.74) is 3.15. The molecule has 0 amide bonds. The standard InChI is InChI=1S/C22H28O3SSi/c1-4-7-11-18-13-10-15-20(19(18)14-8-5-2)27-21-16-9-12-17(6-3)22(21)26(23,24)25/h6,9-10,12-13,15-16H,3-5,7-8,11,14H2,1-2H3,(H,23,24,25). The van der Waals surface area contributed by atoms with Gasteiger partial charge in [-0.3, -0.25) is 4.55 Å². The minimum Gasteiger partial charge on any atom is -0.282 e. The van der Waals surface area contributed by atoms with E-state index in [1.165, 1.54) is 22.4 Å². The van der Waals surface area contributed by atoms with Gasteiger partial charge in [0.1, 0.15) is 14.4 Å². The third-order valence-electron chi connectivity index (χ3n) is 4.65. The molecular weight excluding hydrogens is 372 g/mol. The lowest BCUT2D eigenvalue weighted by Gasteiger charge is -2.16. The summed E-state index contributed by atoms with van der Waals surface area (Å²) in [6, 6.07) is 11.6. The summed E-state index contributed by atoms with van der Waals surface area (Å²) < 4.78 is 33.8. The monoisotopic (exact) mass is 400 g/mol. The van der Waals surface area contributed by atoms with Crippen molar-refractivity contribution in [3.05, 3.63) is 59.7 Å². The molecule has 0 spiro atoms. The second-order valence-corrected chi connectivity index (χ2v) is 9.36. The van der Waals surface area contributed by atoms with Gasteiger partial charge in [0.25, 0.3) is 10.1 Å². The van der Waals surface area contributed by atoms with Gasteiger partial charge >= 0.3 is 0 Å². The highest BCUT2D eigenvalue weighted by Gasteiger charge is 2.20. The van der Waals surface area contributed by atoms with E-state index in [-0.39, 0.29) is 14.4 Å². The Bertz CT molecular complexity index is 888. The largest absolute Gasteiger partial charge is 0.294 e. The second-order valence-electron chi connectivity index (χ2n) is 6.68. The first-order valence-electron chi connectivity index (χ1n) is 9.53. The van der Waals surface area contributed by atoms with Crippen molar-refractivity contribution in [1.29, 1.82) is 0 Å². The van der Waals surface area contributed by atoms with Crippen LogP contribution >= 0.6 is 0 Å². The van der Waals surface area contributed by atoms with E-state index < -0.39 is 10.1 Å². The van der Waals surface area contributed by atoms with Gasteiger partial charge in [-0.1, -0.05) is 80.9 Å². The molecule has 0 unspecified atom stereocenters. The van der Waals surface area contributed by atoms with Crippen LogP contribution in [0.15, 0.2) is 47.9 Å². The number of unbranched alkanes of at least 4 members (excludes halogenated alkanes) is 2. The van der Waals surface area contributed by atoms with Crippen LogP contribution in [0.3, 0.4) is 0 Å². The van der Waals surface area contributed by atoms with Crippen LogP contribution < -0.4 is 10.4 Å². The topological polar surface area (TPSA) is 54.4 Å². The minimum absolute atomic E-state index is 0.0151. The summed E-state index contributed by atoms with van der Waals surface area (Å²) in [6.07, 6.45) is 8.05. The van der Waals surface area contributed by atoms with E-state index in [9.17, 15) is 13.0 Å². The highest BCUT2D eigenvalue weighted by atomic mass is 32.2. The molecule has 0 saturated heterocycles. The number of aryl methyl sites for hydroxylation is 1. The fourth-order valence-corrected chi connectivity index (χ4v) is 5.93. The highest BCUT2D eigenvalue weighted by Crippen LogP contribution is 2.16. The van der Waals surface area contributed by atoms with Gasteiger partial charge < -0.3 is 0 Å². The molecule has 2 radical (unpaired) electrons. The molecule has 0 saturated carbocycles. The van der Waals surface area contributed by atoms with Crippen molar-refractivity contribution >= 4 is 36.1 Å². The molecule has 2 rings (SSSR count). The van der Waals surface area contributed by atoms with E-state index in [4.69, 9.17) is 0 Å². The quantitative estimate of drug-likeness (QED) is 0.486. The first-order chi connectivity index (χ1) is 12.9. The summed E-state index contributed by atoms with van der Waals surface area (Å²) >= 11 is 0. The van der Waals surface area contributed by atoms with E-state index in [1.807, 2.05) is 6.07 Å². The zero-order valence-electron chi connectivity index (χ0n) is 16.2. The first-order valence-corrected chi connectivity index (χ1v) is 12.0. The van der Waals surface area contributed by atoms with Crippen LogP contribution in [0.2, 0.25) is 0 Å². The van der Waals surface area contributed by atoms with Crippen LogP contribution in [0.4, 0.5) is 0 Å². The van der Waals surface area contributed by atoms with Gasteiger partial charge in [-0.2, -0.15) is 8.42 Å². The summed E-state index contributed by atoms with van der Waals surface area (Å²) in [6.45, 7) is 8.06. The van der Waals surface area contributed by atoms with Crippen LogP contribution in [0.5, 0.6) is 0 Å². The van der Waals surface area contributed by atoms with Gasteiger partial charge in [0.05, 0.1) is 0 Å². The Hall–Kier alpha value is -1.69. The van der Waals surface area contributed by atoms with Crippen molar-refractivity contribution in [3.8, 4) is 0 Å². The maximum atomic E-state index is 12.0.